The van der Waals surface area contributed by atoms with Crippen molar-refractivity contribution in [1.29, 1.82) is 0 Å². The number of benzene rings is 2. The summed E-state index contributed by atoms with van der Waals surface area (Å²) in [6, 6.07) is 13.4. The summed E-state index contributed by atoms with van der Waals surface area (Å²) in [5.41, 5.74) is 1.70. The fourth-order valence-electron chi connectivity index (χ4n) is 2.21. The van der Waals surface area contributed by atoms with Gasteiger partial charge in [0.25, 0.3) is 0 Å². The zero-order valence-corrected chi connectivity index (χ0v) is 16.1. The number of rotatable bonds is 7. The summed E-state index contributed by atoms with van der Waals surface area (Å²) in [5, 5.41) is 6.00. The summed E-state index contributed by atoms with van der Waals surface area (Å²) < 4.78 is 28.2. The van der Waals surface area contributed by atoms with Crippen molar-refractivity contribution in [3.8, 4) is 11.5 Å². The molecule has 0 heterocycles. The van der Waals surface area contributed by atoms with Crippen LogP contribution in [0.3, 0.4) is 0 Å². The number of sulfonamides is 1. The number of hydrogen-bond donors (Lipinski definition) is 1. The first-order valence-electron chi connectivity index (χ1n) is 7.57. The van der Waals surface area contributed by atoms with E-state index in [1.807, 2.05) is 61.6 Å². The number of ether oxygens (including phenoxy) is 1. The summed E-state index contributed by atoms with van der Waals surface area (Å²) in [5.74, 6) is 1.49. The normalized spacial score (nSPS) is 12.0. The Bertz CT molecular complexity index is 845. The van der Waals surface area contributed by atoms with Crippen LogP contribution in [0.15, 0.2) is 52.8 Å². The van der Waals surface area contributed by atoms with Crippen molar-refractivity contribution in [2.45, 2.75) is 11.4 Å². The molecule has 0 bridgehead atoms. The lowest BCUT2D eigenvalue weighted by Crippen LogP contribution is -2.11. The van der Waals surface area contributed by atoms with Gasteiger partial charge in [-0.05, 0) is 68.4 Å². The molecule has 0 fully saturated rings. The van der Waals surface area contributed by atoms with Crippen molar-refractivity contribution in [3.63, 3.8) is 0 Å². The molecule has 2 N–H and O–H groups in total. The van der Waals surface area contributed by atoms with Gasteiger partial charge in [0, 0.05) is 22.4 Å². The first kappa shape index (κ1) is 19.5. The minimum absolute atomic E-state index is 0.662. The fraction of sp³-hybridized carbons (Fsp3) is 0.222. The van der Waals surface area contributed by atoms with Gasteiger partial charge in [-0.2, -0.15) is 0 Å². The maximum Gasteiger partial charge on any atom is 0.231 e. The fourth-order valence-corrected chi connectivity index (χ4v) is 2.97. The molecule has 0 radical (unpaired) electrons. The lowest BCUT2D eigenvalue weighted by Gasteiger charge is -2.16. The van der Waals surface area contributed by atoms with Gasteiger partial charge in [0.15, 0.2) is 0 Å². The van der Waals surface area contributed by atoms with Gasteiger partial charge in [0.05, 0.1) is 0 Å². The summed E-state index contributed by atoms with van der Waals surface area (Å²) in [4.78, 5) is 3.19. The number of nitrogens with two attached hydrogens (primary N) is 1. The van der Waals surface area contributed by atoms with E-state index in [1.165, 1.54) is 11.0 Å². The predicted molar refractivity (Wildman–Crippen MR) is 104 cm³/mol. The van der Waals surface area contributed by atoms with E-state index < -0.39 is 10.0 Å². The molecule has 134 valence electrons. The smallest absolute Gasteiger partial charge is 0.231 e. The highest BCUT2D eigenvalue weighted by atomic mass is 32.2. The number of nitrogens with zero attached hydrogens (tertiary/aromatic N) is 1. The van der Waals surface area contributed by atoms with Crippen molar-refractivity contribution in [2.24, 2.45) is 5.14 Å². The number of primary sulfonamides is 1. The zero-order valence-electron chi connectivity index (χ0n) is 14.5. The van der Waals surface area contributed by atoms with Crippen LogP contribution in [0.5, 0.6) is 11.5 Å². The number of thioether (sulfide) groups is 1. The van der Waals surface area contributed by atoms with Gasteiger partial charge in [0.2, 0.25) is 10.0 Å². The number of hydrogen-bond acceptors (Lipinski definition) is 5. The van der Waals surface area contributed by atoms with E-state index in [0.717, 1.165) is 28.0 Å². The minimum atomic E-state index is -3.65. The first-order chi connectivity index (χ1) is 11.8. The van der Waals surface area contributed by atoms with Gasteiger partial charge in [-0.3, -0.25) is 0 Å². The van der Waals surface area contributed by atoms with Crippen molar-refractivity contribution in [1.82, 2.24) is 4.90 Å². The largest absolute Gasteiger partial charge is 0.457 e. The highest BCUT2D eigenvalue weighted by molar-refractivity contribution is 7.98. The van der Waals surface area contributed by atoms with Crippen LogP contribution in [0.1, 0.15) is 11.1 Å². The molecular formula is C18H22N2O3S2. The highest BCUT2D eigenvalue weighted by Crippen LogP contribution is 2.29. The Morgan fingerprint density at radius 2 is 1.84 bits per heavy atom. The van der Waals surface area contributed by atoms with Crippen LogP contribution in [-0.2, 0) is 16.6 Å². The summed E-state index contributed by atoms with van der Waals surface area (Å²) in [7, 11) is 0.277. The third-order valence-corrected chi connectivity index (χ3v) is 4.57. The zero-order chi connectivity index (χ0) is 18.4. The molecular weight excluding hydrogens is 356 g/mol. The van der Waals surface area contributed by atoms with Crippen LogP contribution in [0.25, 0.3) is 6.08 Å². The van der Waals surface area contributed by atoms with Gasteiger partial charge >= 0.3 is 0 Å². The van der Waals surface area contributed by atoms with E-state index in [9.17, 15) is 8.42 Å². The predicted octanol–water partition coefficient (Wildman–Crippen LogP) is 3.52. The quantitative estimate of drug-likeness (QED) is 0.746. The Morgan fingerprint density at radius 1 is 1.16 bits per heavy atom. The molecule has 0 aromatic heterocycles. The monoisotopic (exact) mass is 378 g/mol. The second kappa shape index (κ2) is 8.53. The second-order valence-electron chi connectivity index (χ2n) is 5.77. The molecule has 0 atom stereocenters. The molecule has 0 aliphatic rings. The molecule has 0 spiro atoms. The van der Waals surface area contributed by atoms with Crippen LogP contribution in [0.2, 0.25) is 0 Å². The Labute approximate surface area is 153 Å². The van der Waals surface area contributed by atoms with E-state index in [2.05, 4.69) is 0 Å². The third-order valence-electron chi connectivity index (χ3n) is 3.31. The van der Waals surface area contributed by atoms with Crippen molar-refractivity contribution < 1.29 is 13.2 Å². The average molecular weight is 379 g/mol. The molecule has 0 saturated carbocycles. The van der Waals surface area contributed by atoms with Crippen molar-refractivity contribution in [3.05, 3.63) is 59.0 Å². The van der Waals surface area contributed by atoms with Gasteiger partial charge in [-0.1, -0.05) is 6.07 Å². The summed E-state index contributed by atoms with van der Waals surface area (Å²) in [6.07, 6.45) is 3.50. The molecule has 2 rings (SSSR count). The SMILES string of the molecule is CSc1ccc(Oc2ccc(C=CS(N)(=O)=O)cc2CN(C)C)cc1. The molecule has 0 aliphatic heterocycles. The lowest BCUT2D eigenvalue weighted by atomic mass is 10.1. The van der Waals surface area contributed by atoms with Gasteiger partial charge in [-0.15, -0.1) is 11.8 Å². The second-order valence-corrected chi connectivity index (χ2v) is 8.10. The van der Waals surface area contributed by atoms with E-state index in [-0.39, 0.29) is 0 Å². The van der Waals surface area contributed by atoms with Crippen LogP contribution < -0.4 is 9.88 Å². The first-order valence-corrected chi connectivity index (χ1v) is 10.4. The van der Waals surface area contributed by atoms with E-state index in [4.69, 9.17) is 9.88 Å². The minimum Gasteiger partial charge on any atom is -0.457 e. The van der Waals surface area contributed by atoms with Crippen LogP contribution in [0, 0.1) is 0 Å². The van der Waals surface area contributed by atoms with E-state index in [1.54, 1.807) is 17.8 Å². The molecule has 2 aromatic carbocycles. The standard InChI is InChI=1S/C18H22N2O3S2/c1-20(2)13-15-12-14(10-11-25(19,21)22)4-9-18(15)23-16-5-7-17(24-3)8-6-16/h4-12H,13H2,1-3H3,(H2,19,21,22). The Balaban J connectivity index is 2.30. The van der Waals surface area contributed by atoms with E-state index in [0.29, 0.717) is 6.54 Å². The van der Waals surface area contributed by atoms with Gasteiger partial charge in [0.1, 0.15) is 11.5 Å². The maximum atomic E-state index is 11.1. The highest BCUT2D eigenvalue weighted by Gasteiger charge is 2.08. The maximum absolute atomic E-state index is 11.1. The molecule has 0 saturated heterocycles. The molecule has 7 heteroatoms. The topological polar surface area (TPSA) is 72.6 Å². The molecule has 2 aromatic rings. The third kappa shape index (κ3) is 6.55. The molecule has 0 aliphatic carbocycles. The molecule has 5 nitrogen and oxygen atoms in total. The van der Waals surface area contributed by atoms with Gasteiger partial charge < -0.3 is 9.64 Å². The molecule has 0 amide bonds. The van der Waals surface area contributed by atoms with Crippen LogP contribution in [0.4, 0.5) is 0 Å². The van der Waals surface area contributed by atoms with Crippen molar-refractivity contribution >= 4 is 27.9 Å². The molecule has 25 heavy (non-hydrogen) atoms. The van der Waals surface area contributed by atoms with E-state index >= 15 is 0 Å². The van der Waals surface area contributed by atoms with Crippen LogP contribution >= 0.6 is 11.8 Å². The molecule has 0 unspecified atom stereocenters. The average Bonchev–Trinajstić information content (AvgIpc) is 2.54. The summed E-state index contributed by atoms with van der Waals surface area (Å²) >= 11 is 1.68. The lowest BCUT2D eigenvalue weighted by molar-refractivity contribution is 0.388. The van der Waals surface area contributed by atoms with Crippen LogP contribution in [-0.4, -0.2) is 33.7 Å². The summed E-state index contributed by atoms with van der Waals surface area (Å²) in [6.45, 7) is 0.662. The van der Waals surface area contributed by atoms with Crippen molar-refractivity contribution in [2.75, 3.05) is 20.4 Å². The Kier molecular flexibility index (Phi) is 6.66. The van der Waals surface area contributed by atoms with Gasteiger partial charge in [-0.25, -0.2) is 13.6 Å². The Hall–Kier alpha value is -1.80. The Morgan fingerprint density at radius 3 is 2.40 bits per heavy atom.